The highest BCUT2D eigenvalue weighted by atomic mass is 35.5. The summed E-state index contributed by atoms with van der Waals surface area (Å²) in [4.78, 5) is 23.6. The van der Waals surface area contributed by atoms with Crippen molar-refractivity contribution in [3.8, 4) is 16.8 Å². The van der Waals surface area contributed by atoms with Crippen LogP contribution in [0.3, 0.4) is 0 Å². The van der Waals surface area contributed by atoms with Gasteiger partial charge in [-0.1, -0.05) is 36.4 Å². The smallest absolute Gasteiger partial charge is 0.350 e. The number of nitrogens with two attached hydrogens (primary N) is 1. The first-order chi connectivity index (χ1) is 13.0. The maximum absolute atomic E-state index is 12.4. The highest BCUT2D eigenvalue weighted by Crippen LogP contribution is 2.21. The summed E-state index contributed by atoms with van der Waals surface area (Å²) in [6, 6.07) is 14.8. The van der Waals surface area contributed by atoms with E-state index in [1.807, 2.05) is 36.4 Å². The summed E-state index contributed by atoms with van der Waals surface area (Å²) in [5.41, 5.74) is 8.44. The molecule has 3 N–H and O–H groups in total. The van der Waals surface area contributed by atoms with Crippen molar-refractivity contribution >= 4 is 24.2 Å². The molecule has 0 amide bonds. The van der Waals surface area contributed by atoms with Gasteiger partial charge in [0.15, 0.2) is 0 Å². The van der Waals surface area contributed by atoms with E-state index in [0.29, 0.717) is 11.3 Å². The fourth-order valence-electron chi connectivity index (χ4n) is 2.62. The minimum Gasteiger partial charge on any atom is -0.469 e. The van der Waals surface area contributed by atoms with Crippen molar-refractivity contribution < 1.29 is 9.53 Å². The average molecular weight is 402 g/mol. The number of rotatable bonds is 6. The summed E-state index contributed by atoms with van der Waals surface area (Å²) >= 11 is 0. The lowest BCUT2D eigenvalue weighted by molar-refractivity contribution is -0.140. The number of hydrogen-bond donors (Lipinski definition) is 2. The van der Waals surface area contributed by atoms with E-state index < -0.39 is 5.97 Å². The minimum atomic E-state index is -0.392. The molecular formula is C19H20ClN5O3. The highest BCUT2D eigenvalue weighted by Gasteiger charge is 2.09. The molecule has 9 heteroatoms. The first-order valence-electron chi connectivity index (χ1n) is 8.26. The molecule has 3 aromatic rings. The molecule has 0 aliphatic rings. The molecule has 0 bridgehead atoms. The Balaban J connectivity index is 0.00000280. The Morgan fingerprint density at radius 1 is 1.11 bits per heavy atom. The number of nitrogens with zero attached hydrogens (tertiary/aromatic N) is 3. The van der Waals surface area contributed by atoms with Crippen LogP contribution in [0.25, 0.3) is 16.8 Å². The molecule has 1 aromatic heterocycles. The van der Waals surface area contributed by atoms with Gasteiger partial charge in [0.05, 0.1) is 25.8 Å². The number of esters is 1. The Morgan fingerprint density at radius 3 is 2.21 bits per heavy atom. The highest BCUT2D eigenvalue weighted by molar-refractivity contribution is 5.95. The van der Waals surface area contributed by atoms with Crippen LogP contribution < -0.4 is 11.4 Å². The number of nitrogens with one attached hydrogen (secondary N) is 1. The van der Waals surface area contributed by atoms with Crippen molar-refractivity contribution in [2.24, 2.45) is 5.73 Å². The fraction of sp³-hybridized carbons (Fsp3) is 0.158. The van der Waals surface area contributed by atoms with Gasteiger partial charge in [-0.2, -0.15) is 5.10 Å². The maximum Gasteiger partial charge on any atom is 0.350 e. The molecule has 2 aromatic carbocycles. The standard InChI is InChI=1S/C19H19N5O3.ClH/c1-27-17(25)10-11-24-19(26)23(12-22-24)16-8-6-14(7-9-16)13-2-4-15(5-3-13)18(20)21;/h2-9,12H,10-11H2,1H3,(H3,20,21);1H. The van der Waals surface area contributed by atoms with Gasteiger partial charge in [-0.15, -0.1) is 12.4 Å². The van der Waals surface area contributed by atoms with Crippen LogP contribution in [0.15, 0.2) is 59.7 Å². The average Bonchev–Trinajstić information content (AvgIpc) is 3.06. The first-order valence-corrected chi connectivity index (χ1v) is 8.26. The van der Waals surface area contributed by atoms with Crippen molar-refractivity contribution in [2.45, 2.75) is 13.0 Å². The zero-order chi connectivity index (χ0) is 19.4. The predicted octanol–water partition coefficient (Wildman–Crippen LogP) is 1.97. The summed E-state index contributed by atoms with van der Waals surface area (Å²) < 4.78 is 7.22. The third-order valence-electron chi connectivity index (χ3n) is 4.16. The monoisotopic (exact) mass is 401 g/mol. The van der Waals surface area contributed by atoms with Crippen LogP contribution in [0, 0.1) is 5.41 Å². The summed E-state index contributed by atoms with van der Waals surface area (Å²) in [5.74, 6) is -0.364. The van der Waals surface area contributed by atoms with Gasteiger partial charge in [0.25, 0.3) is 0 Å². The van der Waals surface area contributed by atoms with Gasteiger partial charge >= 0.3 is 11.7 Å². The molecule has 28 heavy (non-hydrogen) atoms. The molecule has 0 spiro atoms. The van der Waals surface area contributed by atoms with Crippen molar-refractivity contribution in [1.82, 2.24) is 14.3 Å². The second kappa shape index (κ2) is 9.01. The van der Waals surface area contributed by atoms with E-state index in [1.165, 1.54) is 22.7 Å². The van der Waals surface area contributed by atoms with Gasteiger partial charge < -0.3 is 10.5 Å². The number of halogens is 1. The zero-order valence-corrected chi connectivity index (χ0v) is 16.0. The predicted molar refractivity (Wildman–Crippen MR) is 108 cm³/mol. The largest absolute Gasteiger partial charge is 0.469 e. The Hall–Kier alpha value is -3.39. The molecule has 146 valence electrons. The van der Waals surface area contributed by atoms with Crippen molar-refractivity contribution in [3.05, 3.63) is 70.9 Å². The van der Waals surface area contributed by atoms with Crippen LogP contribution >= 0.6 is 12.4 Å². The second-order valence-corrected chi connectivity index (χ2v) is 5.87. The summed E-state index contributed by atoms with van der Waals surface area (Å²) in [5, 5.41) is 11.5. The van der Waals surface area contributed by atoms with E-state index >= 15 is 0 Å². The second-order valence-electron chi connectivity index (χ2n) is 5.87. The Kier molecular flexibility index (Phi) is 6.73. The van der Waals surface area contributed by atoms with Crippen LogP contribution in [0.1, 0.15) is 12.0 Å². The van der Waals surface area contributed by atoms with Crippen LogP contribution in [0.2, 0.25) is 0 Å². The molecule has 0 aliphatic heterocycles. The molecule has 8 nitrogen and oxygen atoms in total. The van der Waals surface area contributed by atoms with E-state index in [9.17, 15) is 9.59 Å². The number of carbonyl (C=O) groups is 1. The number of aryl methyl sites for hydroxylation is 1. The van der Waals surface area contributed by atoms with E-state index in [2.05, 4.69) is 9.84 Å². The van der Waals surface area contributed by atoms with Gasteiger partial charge in [-0.05, 0) is 23.3 Å². The summed E-state index contributed by atoms with van der Waals surface area (Å²) in [6.45, 7) is 0.166. The van der Waals surface area contributed by atoms with Gasteiger partial charge in [-0.3, -0.25) is 10.2 Å². The number of benzene rings is 2. The Labute approximate surface area is 167 Å². The molecule has 0 aliphatic carbocycles. The lowest BCUT2D eigenvalue weighted by Crippen LogP contribution is -2.25. The zero-order valence-electron chi connectivity index (χ0n) is 15.2. The lowest BCUT2D eigenvalue weighted by atomic mass is 10.0. The van der Waals surface area contributed by atoms with Crippen LogP contribution in [-0.4, -0.2) is 33.3 Å². The number of ether oxygens (including phenoxy) is 1. The lowest BCUT2D eigenvalue weighted by Gasteiger charge is -2.06. The molecule has 1 heterocycles. The van der Waals surface area contributed by atoms with Crippen molar-refractivity contribution in [2.75, 3.05) is 7.11 Å². The third-order valence-corrected chi connectivity index (χ3v) is 4.16. The molecule has 3 rings (SSSR count). The molecular weight excluding hydrogens is 382 g/mol. The number of aromatic nitrogens is 3. The minimum absolute atomic E-state index is 0. The maximum atomic E-state index is 12.4. The molecule has 0 atom stereocenters. The molecule has 0 saturated carbocycles. The quantitative estimate of drug-likeness (QED) is 0.372. The molecule has 0 unspecified atom stereocenters. The van der Waals surface area contributed by atoms with Gasteiger partial charge in [0.2, 0.25) is 0 Å². The van der Waals surface area contributed by atoms with E-state index in [1.54, 1.807) is 12.1 Å². The van der Waals surface area contributed by atoms with E-state index in [0.717, 1.165) is 11.1 Å². The van der Waals surface area contributed by atoms with Crippen LogP contribution in [0.4, 0.5) is 0 Å². The third kappa shape index (κ3) is 4.47. The van der Waals surface area contributed by atoms with Crippen molar-refractivity contribution in [3.63, 3.8) is 0 Å². The van der Waals surface area contributed by atoms with Crippen LogP contribution in [0.5, 0.6) is 0 Å². The summed E-state index contributed by atoms with van der Waals surface area (Å²) in [7, 11) is 1.30. The SMILES string of the molecule is COC(=O)CCn1ncn(-c2ccc(-c3ccc(C(=N)N)cc3)cc2)c1=O.Cl. The fourth-order valence-corrected chi connectivity index (χ4v) is 2.62. The normalized spacial score (nSPS) is 10.2. The number of methoxy groups -OCH3 is 1. The number of nitrogen functional groups attached to an aromatic ring is 1. The molecule has 0 fully saturated rings. The topological polar surface area (TPSA) is 116 Å². The summed E-state index contributed by atoms with van der Waals surface area (Å²) in [6.07, 6.45) is 1.51. The van der Waals surface area contributed by atoms with Gasteiger partial charge in [0.1, 0.15) is 12.2 Å². The Morgan fingerprint density at radius 2 is 1.68 bits per heavy atom. The van der Waals surface area contributed by atoms with E-state index in [4.69, 9.17) is 11.1 Å². The number of hydrogen-bond acceptors (Lipinski definition) is 5. The number of carbonyl (C=O) groups excluding carboxylic acids is 1. The first kappa shape index (κ1) is 20.9. The van der Waals surface area contributed by atoms with Crippen LogP contribution in [-0.2, 0) is 16.1 Å². The van der Waals surface area contributed by atoms with Crippen molar-refractivity contribution in [1.29, 1.82) is 5.41 Å². The van der Waals surface area contributed by atoms with Gasteiger partial charge in [0, 0.05) is 5.56 Å². The Bertz CT molecular complexity index is 1020. The number of amidine groups is 1. The van der Waals surface area contributed by atoms with Gasteiger partial charge in [-0.25, -0.2) is 14.0 Å². The molecule has 0 saturated heterocycles. The molecule has 0 radical (unpaired) electrons. The van der Waals surface area contributed by atoms with E-state index in [-0.39, 0.29) is 36.9 Å².